The Morgan fingerprint density at radius 1 is 0.900 bits per heavy atom. The van der Waals surface area contributed by atoms with Gasteiger partial charge in [-0.2, -0.15) is 0 Å². The van der Waals surface area contributed by atoms with Crippen molar-refractivity contribution in [1.29, 1.82) is 0 Å². The van der Waals surface area contributed by atoms with Gasteiger partial charge in [-0.3, -0.25) is 14.4 Å². The second-order valence-corrected chi connectivity index (χ2v) is 7.05. The number of halogens is 1. The van der Waals surface area contributed by atoms with Gasteiger partial charge in [-0.1, -0.05) is 48.0 Å². The monoisotopic (exact) mass is 417 g/mol. The summed E-state index contributed by atoms with van der Waals surface area (Å²) in [6.07, 6.45) is 2.99. The standard InChI is InChI=1S/C24H16ClNO4/c1-30-15-9-6-14(7-10-15)8-13-20(27)26-19-12-11-18(25)21-22(19)24(29)17-5-3-2-4-16(17)23(21)28/h2-13H,1H3,(H,26,27). The summed E-state index contributed by atoms with van der Waals surface area (Å²) in [4.78, 5) is 38.4. The molecule has 0 bridgehead atoms. The Kier molecular flexibility index (Phi) is 5.21. The Balaban J connectivity index is 1.64. The fraction of sp³-hybridized carbons (Fsp3) is 0.0417. The summed E-state index contributed by atoms with van der Waals surface area (Å²) < 4.78 is 5.11. The quantitative estimate of drug-likeness (QED) is 0.485. The number of benzene rings is 3. The van der Waals surface area contributed by atoms with Gasteiger partial charge in [-0.25, -0.2) is 0 Å². The van der Waals surface area contributed by atoms with Crippen molar-refractivity contribution in [2.45, 2.75) is 0 Å². The van der Waals surface area contributed by atoms with Crippen LogP contribution in [0, 0.1) is 0 Å². The predicted octanol–water partition coefficient (Wildman–Crippen LogP) is 4.78. The lowest BCUT2D eigenvalue weighted by Crippen LogP contribution is -2.24. The summed E-state index contributed by atoms with van der Waals surface area (Å²) in [6, 6.07) is 16.8. The van der Waals surface area contributed by atoms with Crippen LogP contribution in [0.25, 0.3) is 6.08 Å². The van der Waals surface area contributed by atoms with Crippen molar-refractivity contribution in [2.75, 3.05) is 12.4 Å². The van der Waals surface area contributed by atoms with Crippen molar-refractivity contribution in [1.82, 2.24) is 0 Å². The summed E-state index contributed by atoms with van der Waals surface area (Å²) in [5.41, 5.74) is 1.87. The molecule has 0 radical (unpaired) electrons. The lowest BCUT2D eigenvalue weighted by atomic mass is 9.83. The summed E-state index contributed by atoms with van der Waals surface area (Å²) in [5.74, 6) is -0.408. The molecule has 5 nitrogen and oxygen atoms in total. The van der Waals surface area contributed by atoms with Crippen molar-refractivity contribution in [3.63, 3.8) is 0 Å². The number of fused-ring (bicyclic) bond motifs is 2. The van der Waals surface area contributed by atoms with Crippen LogP contribution in [0.1, 0.15) is 37.4 Å². The Morgan fingerprint density at radius 3 is 2.17 bits per heavy atom. The first-order valence-corrected chi connectivity index (χ1v) is 9.51. The first-order chi connectivity index (χ1) is 14.5. The molecule has 0 atom stereocenters. The van der Waals surface area contributed by atoms with Crippen molar-refractivity contribution >= 4 is 40.8 Å². The largest absolute Gasteiger partial charge is 0.497 e. The molecule has 4 rings (SSSR count). The molecule has 3 aromatic rings. The molecule has 0 aromatic heterocycles. The van der Waals surface area contributed by atoms with Crippen molar-refractivity contribution in [3.05, 3.63) is 99.6 Å². The van der Waals surface area contributed by atoms with Gasteiger partial charge in [0.05, 0.1) is 28.9 Å². The summed E-state index contributed by atoms with van der Waals surface area (Å²) in [6.45, 7) is 0. The zero-order valence-corrected chi connectivity index (χ0v) is 16.7. The van der Waals surface area contributed by atoms with E-state index in [-0.39, 0.29) is 33.4 Å². The molecule has 1 aliphatic rings. The van der Waals surface area contributed by atoms with Crippen LogP contribution in [-0.4, -0.2) is 24.6 Å². The Labute approximate surface area is 177 Å². The lowest BCUT2D eigenvalue weighted by molar-refractivity contribution is -0.111. The van der Waals surface area contributed by atoms with E-state index in [2.05, 4.69) is 5.32 Å². The van der Waals surface area contributed by atoms with E-state index in [9.17, 15) is 14.4 Å². The molecule has 3 aromatic carbocycles. The number of amides is 1. The zero-order valence-electron chi connectivity index (χ0n) is 15.9. The molecule has 1 aliphatic carbocycles. The van der Waals surface area contributed by atoms with E-state index in [0.717, 1.165) is 5.56 Å². The fourth-order valence-corrected chi connectivity index (χ4v) is 3.59. The van der Waals surface area contributed by atoms with E-state index in [4.69, 9.17) is 16.3 Å². The normalized spacial score (nSPS) is 12.5. The first kappa shape index (κ1) is 19.6. The van der Waals surface area contributed by atoms with Crippen LogP contribution >= 0.6 is 11.6 Å². The second kappa shape index (κ2) is 7.97. The van der Waals surface area contributed by atoms with Crippen molar-refractivity contribution < 1.29 is 19.1 Å². The number of carbonyl (C=O) groups excluding carboxylic acids is 3. The van der Waals surface area contributed by atoms with E-state index in [1.54, 1.807) is 49.6 Å². The minimum atomic E-state index is -0.436. The third-order valence-electron chi connectivity index (χ3n) is 4.83. The van der Waals surface area contributed by atoms with Crippen LogP contribution in [0.2, 0.25) is 5.02 Å². The third-order valence-corrected chi connectivity index (χ3v) is 5.14. The topological polar surface area (TPSA) is 72.5 Å². The van der Waals surface area contributed by atoms with Crippen LogP contribution in [0.3, 0.4) is 0 Å². The van der Waals surface area contributed by atoms with Crippen LogP contribution in [0.15, 0.2) is 66.7 Å². The molecule has 0 fully saturated rings. The lowest BCUT2D eigenvalue weighted by Gasteiger charge is -2.21. The highest BCUT2D eigenvalue weighted by Crippen LogP contribution is 2.36. The summed E-state index contributed by atoms with van der Waals surface area (Å²) in [7, 11) is 1.58. The first-order valence-electron chi connectivity index (χ1n) is 9.13. The smallest absolute Gasteiger partial charge is 0.248 e. The van der Waals surface area contributed by atoms with Gasteiger partial charge in [0.2, 0.25) is 5.91 Å². The van der Waals surface area contributed by atoms with E-state index >= 15 is 0 Å². The molecule has 0 spiro atoms. The van der Waals surface area contributed by atoms with Gasteiger partial charge < -0.3 is 10.1 Å². The highest BCUT2D eigenvalue weighted by molar-refractivity contribution is 6.40. The molecule has 0 saturated carbocycles. The Morgan fingerprint density at radius 2 is 1.53 bits per heavy atom. The van der Waals surface area contributed by atoms with E-state index in [0.29, 0.717) is 16.9 Å². The average Bonchev–Trinajstić information content (AvgIpc) is 2.77. The fourth-order valence-electron chi connectivity index (χ4n) is 3.35. The van der Waals surface area contributed by atoms with Crippen LogP contribution < -0.4 is 10.1 Å². The second-order valence-electron chi connectivity index (χ2n) is 6.64. The van der Waals surface area contributed by atoms with E-state index < -0.39 is 5.91 Å². The highest BCUT2D eigenvalue weighted by atomic mass is 35.5. The minimum Gasteiger partial charge on any atom is -0.497 e. The molecule has 0 unspecified atom stereocenters. The molecule has 1 N–H and O–H groups in total. The van der Waals surface area contributed by atoms with Gasteiger partial charge in [0.25, 0.3) is 0 Å². The van der Waals surface area contributed by atoms with Gasteiger partial charge in [-0.15, -0.1) is 0 Å². The van der Waals surface area contributed by atoms with E-state index in [1.807, 2.05) is 12.1 Å². The number of ether oxygens (including phenoxy) is 1. The maximum Gasteiger partial charge on any atom is 0.248 e. The van der Waals surface area contributed by atoms with Crippen molar-refractivity contribution in [3.8, 4) is 5.75 Å². The maximum absolute atomic E-state index is 13.1. The van der Waals surface area contributed by atoms with E-state index in [1.165, 1.54) is 18.2 Å². The third kappa shape index (κ3) is 3.51. The number of hydrogen-bond acceptors (Lipinski definition) is 4. The molecular formula is C24H16ClNO4. The molecule has 0 heterocycles. The minimum absolute atomic E-state index is 0.109. The number of carbonyl (C=O) groups is 3. The molecule has 0 aliphatic heterocycles. The molecule has 6 heteroatoms. The molecule has 148 valence electrons. The number of anilines is 1. The molecule has 1 amide bonds. The Bertz CT molecular complexity index is 1210. The highest BCUT2D eigenvalue weighted by Gasteiger charge is 2.33. The van der Waals surface area contributed by atoms with Crippen LogP contribution in [0.5, 0.6) is 5.75 Å². The number of nitrogens with one attached hydrogen (secondary N) is 1. The predicted molar refractivity (Wildman–Crippen MR) is 115 cm³/mol. The molecule has 0 saturated heterocycles. The van der Waals surface area contributed by atoms with Gasteiger partial charge >= 0.3 is 0 Å². The van der Waals surface area contributed by atoms with Crippen LogP contribution in [0.4, 0.5) is 5.69 Å². The SMILES string of the molecule is COc1ccc(C=CC(=O)Nc2ccc(Cl)c3c2C(=O)c2ccccc2C3=O)cc1. The maximum atomic E-state index is 13.1. The molecular weight excluding hydrogens is 402 g/mol. The van der Waals surface area contributed by atoms with Gasteiger partial charge in [0, 0.05) is 17.2 Å². The summed E-state index contributed by atoms with van der Waals surface area (Å²) >= 11 is 6.23. The average molecular weight is 418 g/mol. The number of rotatable bonds is 4. The van der Waals surface area contributed by atoms with Gasteiger partial charge in [0.1, 0.15) is 5.75 Å². The van der Waals surface area contributed by atoms with Gasteiger partial charge in [0.15, 0.2) is 11.6 Å². The summed E-state index contributed by atoms with van der Waals surface area (Å²) in [5, 5.41) is 2.86. The Hall–Kier alpha value is -3.70. The number of ketones is 2. The van der Waals surface area contributed by atoms with Crippen molar-refractivity contribution in [2.24, 2.45) is 0 Å². The van der Waals surface area contributed by atoms with Gasteiger partial charge in [-0.05, 0) is 35.9 Å². The number of methoxy groups -OCH3 is 1. The molecule has 30 heavy (non-hydrogen) atoms. The van der Waals surface area contributed by atoms with Crippen LogP contribution in [-0.2, 0) is 4.79 Å². The zero-order chi connectivity index (χ0) is 21.3. The number of hydrogen-bond donors (Lipinski definition) is 1.